The Morgan fingerprint density at radius 1 is 1.42 bits per heavy atom. The van der Waals surface area contributed by atoms with Gasteiger partial charge in [0.2, 0.25) is 10.0 Å². The van der Waals surface area contributed by atoms with Gasteiger partial charge >= 0.3 is 0 Å². The number of benzene rings is 1. The quantitative estimate of drug-likeness (QED) is 0.788. The molecule has 4 nitrogen and oxygen atoms in total. The third-order valence-electron chi connectivity index (χ3n) is 2.27. The zero-order valence-corrected chi connectivity index (χ0v) is 12.4. The molecule has 0 amide bonds. The number of halogens is 2. The SMILES string of the molecule is CC(C)OCCCNS(=O)(=O)c1ccc(F)c(Cl)c1. The lowest BCUT2D eigenvalue weighted by Crippen LogP contribution is -2.26. The van der Waals surface area contributed by atoms with Gasteiger partial charge < -0.3 is 4.74 Å². The van der Waals surface area contributed by atoms with Crippen molar-refractivity contribution in [3.8, 4) is 0 Å². The van der Waals surface area contributed by atoms with Crippen LogP contribution in [0.3, 0.4) is 0 Å². The highest BCUT2D eigenvalue weighted by molar-refractivity contribution is 7.89. The maximum Gasteiger partial charge on any atom is 0.240 e. The molecule has 1 rings (SSSR count). The lowest BCUT2D eigenvalue weighted by atomic mass is 10.3. The molecule has 0 unspecified atom stereocenters. The summed E-state index contributed by atoms with van der Waals surface area (Å²) in [7, 11) is -3.66. The molecular weight excluding hydrogens is 293 g/mol. The topological polar surface area (TPSA) is 55.4 Å². The standard InChI is InChI=1S/C12H17ClFNO3S/c1-9(2)18-7-3-6-15-19(16,17)10-4-5-12(14)11(13)8-10/h4-5,8-9,15H,3,6-7H2,1-2H3. The average Bonchev–Trinajstić information content (AvgIpc) is 2.31. The van der Waals surface area contributed by atoms with Crippen LogP contribution >= 0.6 is 11.6 Å². The molecule has 0 heterocycles. The van der Waals surface area contributed by atoms with Gasteiger partial charge in [-0.2, -0.15) is 0 Å². The normalized spacial score (nSPS) is 12.1. The van der Waals surface area contributed by atoms with Crippen molar-refractivity contribution in [3.05, 3.63) is 29.0 Å². The van der Waals surface area contributed by atoms with E-state index in [4.69, 9.17) is 16.3 Å². The molecular formula is C12H17ClFNO3S. The molecule has 0 aliphatic rings. The molecule has 1 aromatic carbocycles. The molecule has 0 aromatic heterocycles. The van der Waals surface area contributed by atoms with E-state index in [2.05, 4.69) is 4.72 Å². The van der Waals surface area contributed by atoms with E-state index in [0.29, 0.717) is 13.0 Å². The molecule has 0 radical (unpaired) electrons. The van der Waals surface area contributed by atoms with Crippen molar-refractivity contribution in [2.45, 2.75) is 31.3 Å². The zero-order valence-electron chi connectivity index (χ0n) is 10.8. The summed E-state index contributed by atoms with van der Waals surface area (Å²) < 4.78 is 44.4. The molecule has 0 bridgehead atoms. The second-order valence-electron chi connectivity index (χ2n) is 4.25. The van der Waals surface area contributed by atoms with Crippen LogP contribution in [-0.4, -0.2) is 27.7 Å². The summed E-state index contributed by atoms with van der Waals surface area (Å²) in [5.74, 6) is -0.647. The Hall–Kier alpha value is -0.690. The van der Waals surface area contributed by atoms with Crippen LogP contribution in [0.5, 0.6) is 0 Å². The Labute approximate surface area is 118 Å². The summed E-state index contributed by atoms with van der Waals surface area (Å²) in [6.45, 7) is 4.55. The molecule has 0 fully saturated rings. The summed E-state index contributed by atoms with van der Waals surface area (Å²) in [6.07, 6.45) is 0.680. The highest BCUT2D eigenvalue weighted by atomic mass is 35.5. The molecule has 7 heteroatoms. The van der Waals surface area contributed by atoms with Gasteiger partial charge in [-0.15, -0.1) is 0 Å². The minimum Gasteiger partial charge on any atom is -0.379 e. The summed E-state index contributed by atoms with van der Waals surface area (Å²) in [5, 5.41) is -0.217. The van der Waals surface area contributed by atoms with Crippen LogP contribution in [0.1, 0.15) is 20.3 Å². The first kappa shape index (κ1) is 16.4. The lowest BCUT2D eigenvalue weighted by molar-refractivity contribution is 0.0778. The predicted octanol–water partition coefficient (Wildman–Crippen LogP) is 2.57. The van der Waals surface area contributed by atoms with Crippen molar-refractivity contribution < 1.29 is 17.5 Å². The van der Waals surface area contributed by atoms with E-state index in [1.807, 2.05) is 13.8 Å². The summed E-state index contributed by atoms with van der Waals surface area (Å²) >= 11 is 5.55. The third-order valence-corrected chi connectivity index (χ3v) is 4.01. The fourth-order valence-electron chi connectivity index (χ4n) is 1.33. The van der Waals surface area contributed by atoms with Crippen molar-refractivity contribution in [1.29, 1.82) is 0 Å². The molecule has 1 aromatic rings. The van der Waals surface area contributed by atoms with Gasteiger partial charge in [0, 0.05) is 13.2 Å². The van der Waals surface area contributed by atoms with Crippen LogP contribution in [0.4, 0.5) is 4.39 Å². The maximum absolute atomic E-state index is 13.0. The van der Waals surface area contributed by atoms with Crippen LogP contribution in [-0.2, 0) is 14.8 Å². The van der Waals surface area contributed by atoms with Crippen LogP contribution in [0.15, 0.2) is 23.1 Å². The number of ether oxygens (including phenoxy) is 1. The first-order valence-electron chi connectivity index (χ1n) is 5.89. The molecule has 1 N–H and O–H groups in total. The van der Waals surface area contributed by atoms with Gasteiger partial charge in [0.1, 0.15) is 5.82 Å². The minimum atomic E-state index is -3.66. The number of rotatable bonds is 7. The van der Waals surface area contributed by atoms with E-state index in [1.54, 1.807) is 0 Å². The molecule has 0 atom stereocenters. The minimum absolute atomic E-state index is 0.0522. The lowest BCUT2D eigenvalue weighted by Gasteiger charge is -2.09. The van der Waals surface area contributed by atoms with Crippen molar-refractivity contribution in [2.24, 2.45) is 0 Å². The van der Waals surface area contributed by atoms with Gasteiger partial charge in [0.05, 0.1) is 16.0 Å². The van der Waals surface area contributed by atoms with Gasteiger partial charge in [-0.25, -0.2) is 17.5 Å². The summed E-state index contributed by atoms with van der Waals surface area (Å²) in [5.41, 5.74) is 0. The summed E-state index contributed by atoms with van der Waals surface area (Å²) in [6, 6.07) is 3.29. The highest BCUT2D eigenvalue weighted by Crippen LogP contribution is 2.19. The summed E-state index contributed by atoms with van der Waals surface area (Å²) in [4.78, 5) is -0.0522. The van der Waals surface area contributed by atoms with Crippen molar-refractivity contribution in [3.63, 3.8) is 0 Å². The molecule has 0 aliphatic heterocycles. The number of hydrogen-bond donors (Lipinski definition) is 1. The van der Waals surface area contributed by atoms with E-state index in [0.717, 1.165) is 12.1 Å². The Morgan fingerprint density at radius 3 is 2.68 bits per heavy atom. The fourth-order valence-corrected chi connectivity index (χ4v) is 2.67. The van der Waals surface area contributed by atoms with Gasteiger partial charge in [0.25, 0.3) is 0 Å². The third kappa shape index (κ3) is 5.44. The largest absolute Gasteiger partial charge is 0.379 e. The molecule has 0 saturated carbocycles. The molecule has 19 heavy (non-hydrogen) atoms. The first-order chi connectivity index (χ1) is 8.83. The van der Waals surface area contributed by atoms with Gasteiger partial charge in [-0.3, -0.25) is 0 Å². The number of hydrogen-bond acceptors (Lipinski definition) is 3. The van der Waals surface area contributed by atoms with Crippen LogP contribution in [0.2, 0.25) is 5.02 Å². The highest BCUT2D eigenvalue weighted by Gasteiger charge is 2.15. The van der Waals surface area contributed by atoms with Crippen molar-refractivity contribution in [2.75, 3.05) is 13.2 Å². The van der Waals surface area contributed by atoms with Gasteiger partial charge in [-0.05, 0) is 38.5 Å². The van der Waals surface area contributed by atoms with Crippen LogP contribution in [0.25, 0.3) is 0 Å². The second kappa shape index (κ2) is 7.19. The monoisotopic (exact) mass is 309 g/mol. The Bertz CT molecular complexity index is 520. The van der Waals surface area contributed by atoms with Crippen LogP contribution < -0.4 is 4.72 Å². The zero-order chi connectivity index (χ0) is 14.5. The smallest absolute Gasteiger partial charge is 0.240 e. The second-order valence-corrected chi connectivity index (χ2v) is 6.42. The van der Waals surface area contributed by atoms with E-state index in [-0.39, 0.29) is 22.6 Å². The fraction of sp³-hybridized carbons (Fsp3) is 0.500. The van der Waals surface area contributed by atoms with Gasteiger partial charge in [-0.1, -0.05) is 11.6 Å². The Morgan fingerprint density at radius 2 is 2.11 bits per heavy atom. The van der Waals surface area contributed by atoms with E-state index >= 15 is 0 Å². The van der Waals surface area contributed by atoms with E-state index in [9.17, 15) is 12.8 Å². The molecule has 0 saturated heterocycles. The first-order valence-corrected chi connectivity index (χ1v) is 7.75. The molecule has 108 valence electrons. The van der Waals surface area contributed by atoms with E-state index in [1.165, 1.54) is 6.07 Å². The number of sulfonamides is 1. The van der Waals surface area contributed by atoms with Crippen LogP contribution in [0, 0.1) is 5.82 Å². The molecule has 0 aliphatic carbocycles. The van der Waals surface area contributed by atoms with Crippen molar-refractivity contribution >= 4 is 21.6 Å². The molecule has 0 spiro atoms. The Balaban J connectivity index is 2.54. The maximum atomic E-state index is 13.0. The Kier molecular flexibility index (Phi) is 6.19. The van der Waals surface area contributed by atoms with Gasteiger partial charge in [0.15, 0.2) is 0 Å². The van der Waals surface area contributed by atoms with E-state index < -0.39 is 15.8 Å². The predicted molar refractivity (Wildman–Crippen MR) is 72.3 cm³/mol. The average molecular weight is 310 g/mol. The van der Waals surface area contributed by atoms with Crippen molar-refractivity contribution in [1.82, 2.24) is 4.72 Å². The number of nitrogens with one attached hydrogen (secondary N) is 1.